The van der Waals surface area contributed by atoms with Crippen LogP contribution in [-0.4, -0.2) is 28.8 Å². The van der Waals surface area contributed by atoms with Crippen LogP contribution in [0.15, 0.2) is 48.5 Å². The second kappa shape index (κ2) is 9.78. The minimum absolute atomic E-state index is 0.117. The summed E-state index contributed by atoms with van der Waals surface area (Å²) in [5, 5.41) is 11.7. The van der Waals surface area contributed by atoms with Crippen molar-refractivity contribution in [3.8, 4) is 11.4 Å². The van der Waals surface area contributed by atoms with Crippen molar-refractivity contribution in [2.75, 3.05) is 18.5 Å². The molecule has 0 aliphatic heterocycles. The molecule has 0 saturated heterocycles. The van der Waals surface area contributed by atoms with Crippen LogP contribution in [0.5, 0.6) is 5.75 Å². The minimum Gasteiger partial charge on any atom is -0.492 e. The Hall–Kier alpha value is -2.54. The quantitative estimate of drug-likeness (QED) is 0.509. The highest BCUT2D eigenvalue weighted by atomic mass is 35.5. The number of carbonyl (C=O) groups is 1. The third-order valence-electron chi connectivity index (χ3n) is 4.21. The van der Waals surface area contributed by atoms with Crippen molar-refractivity contribution in [1.29, 1.82) is 0 Å². The molecule has 0 aliphatic carbocycles. The molecule has 0 radical (unpaired) electrons. The number of aromatic nitrogens is 2. The fraction of sp³-hybridized carbons (Fsp3) is 0.238. The first-order valence-corrected chi connectivity index (χ1v) is 9.91. The zero-order valence-electron chi connectivity index (χ0n) is 16.2. The summed E-state index contributed by atoms with van der Waals surface area (Å²) in [5.74, 6) is 0.576. The molecule has 3 aromatic rings. The van der Waals surface area contributed by atoms with Gasteiger partial charge in [-0.15, -0.1) is 0 Å². The van der Waals surface area contributed by atoms with E-state index < -0.39 is 0 Å². The second-order valence-electron chi connectivity index (χ2n) is 6.45. The van der Waals surface area contributed by atoms with Gasteiger partial charge in [0.05, 0.1) is 16.4 Å². The summed E-state index contributed by atoms with van der Waals surface area (Å²) in [6.45, 7) is 5.04. The lowest BCUT2D eigenvalue weighted by molar-refractivity contribution is -0.114. The lowest BCUT2D eigenvalue weighted by atomic mass is 10.2. The maximum Gasteiger partial charge on any atom is 0.221 e. The van der Waals surface area contributed by atoms with Crippen molar-refractivity contribution >= 4 is 34.8 Å². The molecule has 1 amide bonds. The molecule has 29 heavy (non-hydrogen) atoms. The second-order valence-corrected chi connectivity index (χ2v) is 7.22. The molecule has 2 N–H and O–H groups in total. The summed E-state index contributed by atoms with van der Waals surface area (Å²) in [6.07, 6.45) is 0. The first-order chi connectivity index (χ1) is 14.0. The number of benzene rings is 2. The largest absolute Gasteiger partial charge is 0.492 e. The number of aryl methyl sites for hydroxylation is 1. The molecule has 2 aromatic carbocycles. The average Bonchev–Trinajstić information content (AvgIpc) is 2.96. The van der Waals surface area contributed by atoms with Gasteiger partial charge in [-0.3, -0.25) is 4.79 Å². The highest BCUT2D eigenvalue weighted by Gasteiger charge is 2.15. The summed E-state index contributed by atoms with van der Waals surface area (Å²) in [5.41, 5.74) is 3.21. The Kier molecular flexibility index (Phi) is 7.14. The number of carbonyl (C=O) groups excluding carboxylic acids is 1. The summed E-state index contributed by atoms with van der Waals surface area (Å²) >= 11 is 12.8. The van der Waals surface area contributed by atoms with Gasteiger partial charge in [0.1, 0.15) is 17.5 Å². The molecule has 0 atom stereocenters. The highest BCUT2D eigenvalue weighted by Crippen LogP contribution is 2.27. The fourth-order valence-corrected chi connectivity index (χ4v) is 3.38. The summed E-state index contributed by atoms with van der Waals surface area (Å²) in [7, 11) is 0. The molecule has 0 saturated carbocycles. The molecule has 0 aliphatic rings. The topological polar surface area (TPSA) is 68.2 Å². The van der Waals surface area contributed by atoms with Gasteiger partial charge in [0.2, 0.25) is 5.91 Å². The average molecular weight is 433 g/mol. The van der Waals surface area contributed by atoms with Gasteiger partial charge in [0.15, 0.2) is 0 Å². The van der Waals surface area contributed by atoms with Gasteiger partial charge in [0, 0.05) is 37.3 Å². The van der Waals surface area contributed by atoms with Crippen LogP contribution in [-0.2, 0) is 11.3 Å². The van der Waals surface area contributed by atoms with E-state index in [1.54, 1.807) is 16.8 Å². The first kappa shape index (κ1) is 21.2. The van der Waals surface area contributed by atoms with E-state index in [0.29, 0.717) is 41.3 Å². The summed E-state index contributed by atoms with van der Waals surface area (Å²) in [4.78, 5) is 11.1. The van der Waals surface area contributed by atoms with Crippen LogP contribution >= 0.6 is 23.2 Å². The number of para-hydroxylation sites is 1. The van der Waals surface area contributed by atoms with E-state index in [0.717, 1.165) is 16.9 Å². The SMILES string of the molecule is CC(=O)Nc1cccc(OCCNCc2c(C)nn(-c3ccccc3Cl)c2Cl)c1. The predicted octanol–water partition coefficient (Wildman–Crippen LogP) is 4.61. The molecule has 3 rings (SSSR count). The van der Waals surface area contributed by atoms with Crippen LogP contribution in [0.3, 0.4) is 0 Å². The molecule has 0 bridgehead atoms. The molecule has 0 spiro atoms. The van der Waals surface area contributed by atoms with Crippen LogP contribution in [0, 0.1) is 6.92 Å². The van der Waals surface area contributed by atoms with Crippen LogP contribution in [0.1, 0.15) is 18.2 Å². The number of nitrogens with one attached hydrogen (secondary N) is 2. The Labute approximate surface area is 179 Å². The van der Waals surface area contributed by atoms with E-state index in [2.05, 4.69) is 15.7 Å². The van der Waals surface area contributed by atoms with E-state index in [1.165, 1.54) is 6.92 Å². The van der Waals surface area contributed by atoms with Gasteiger partial charge in [-0.1, -0.05) is 41.4 Å². The van der Waals surface area contributed by atoms with Gasteiger partial charge in [-0.25, -0.2) is 4.68 Å². The molecule has 0 unspecified atom stereocenters. The summed E-state index contributed by atoms with van der Waals surface area (Å²) in [6, 6.07) is 14.7. The van der Waals surface area contributed by atoms with E-state index in [1.807, 2.05) is 43.3 Å². The molecule has 1 aromatic heterocycles. The maximum atomic E-state index is 11.1. The Balaban J connectivity index is 1.54. The van der Waals surface area contributed by atoms with Crippen LogP contribution < -0.4 is 15.4 Å². The normalized spacial score (nSPS) is 10.8. The molecule has 152 valence electrons. The van der Waals surface area contributed by atoms with Crippen molar-refractivity contribution in [2.45, 2.75) is 20.4 Å². The number of anilines is 1. The number of halogens is 2. The highest BCUT2D eigenvalue weighted by molar-refractivity contribution is 6.33. The molecule has 0 fully saturated rings. The lowest BCUT2D eigenvalue weighted by Crippen LogP contribution is -2.21. The smallest absolute Gasteiger partial charge is 0.221 e. The van der Waals surface area contributed by atoms with Gasteiger partial charge < -0.3 is 15.4 Å². The van der Waals surface area contributed by atoms with Gasteiger partial charge in [-0.2, -0.15) is 5.10 Å². The Bertz CT molecular complexity index is 1000. The van der Waals surface area contributed by atoms with Crippen LogP contribution in [0.4, 0.5) is 5.69 Å². The molecular formula is C21H22Cl2N4O2. The minimum atomic E-state index is -0.117. The zero-order valence-corrected chi connectivity index (χ0v) is 17.7. The van der Waals surface area contributed by atoms with Crippen molar-refractivity contribution in [1.82, 2.24) is 15.1 Å². The molecule has 8 heteroatoms. The third-order valence-corrected chi connectivity index (χ3v) is 4.91. The van der Waals surface area contributed by atoms with E-state index in [-0.39, 0.29) is 5.91 Å². The maximum absolute atomic E-state index is 11.1. The Morgan fingerprint density at radius 1 is 1.17 bits per heavy atom. The summed E-state index contributed by atoms with van der Waals surface area (Å²) < 4.78 is 7.38. The lowest BCUT2D eigenvalue weighted by Gasteiger charge is -2.09. The van der Waals surface area contributed by atoms with Crippen molar-refractivity contribution in [2.24, 2.45) is 0 Å². The number of ether oxygens (including phenoxy) is 1. The molecule has 1 heterocycles. The molecular weight excluding hydrogens is 411 g/mol. The fourth-order valence-electron chi connectivity index (χ4n) is 2.84. The van der Waals surface area contributed by atoms with Crippen molar-refractivity contribution in [3.63, 3.8) is 0 Å². The van der Waals surface area contributed by atoms with E-state index in [9.17, 15) is 4.79 Å². The number of hydrogen-bond acceptors (Lipinski definition) is 4. The third kappa shape index (κ3) is 5.50. The van der Waals surface area contributed by atoms with Crippen molar-refractivity contribution in [3.05, 3.63) is 70.0 Å². The van der Waals surface area contributed by atoms with Crippen molar-refractivity contribution < 1.29 is 9.53 Å². The van der Waals surface area contributed by atoms with E-state index >= 15 is 0 Å². The number of amides is 1. The Morgan fingerprint density at radius 2 is 1.97 bits per heavy atom. The van der Waals surface area contributed by atoms with Gasteiger partial charge in [0.25, 0.3) is 0 Å². The standard InChI is InChI=1S/C21H22Cl2N4O2/c1-14-18(21(23)27(26-14)20-9-4-3-8-19(20)22)13-24-10-11-29-17-7-5-6-16(12-17)25-15(2)28/h3-9,12,24H,10-11,13H2,1-2H3,(H,25,28). The molecule has 6 nitrogen and oxygen atoms in total. The van der Waals surface area contributed by atoms with Crippen LogP contribution in [0.2, 0.25) is 10.2 Å². The predicted molar refractivity (Wildman–Crippen MR) is 116 cm³/mol. The van der Waals surface area contributed by atoms with Crippen LogP contribution in [0.25, 0.3) is 5.69 Å². The van der Waals surface area contributed by atoms with Gasteiger partial charge >= 0.3 is 0 Å². The number of hydrogen-bond donors (Lipinski definition) is 2. The number of nitrogens with zero attached hydrogens (tertiary/aromatic N) is 2. The first-order valence-electron chi connectivity index (χ1n) is 9.16. The van der Waals surface area contributed by atoms with E-state index in [4.69, 9.17) is 27.9 Å². The van der Waals surface area contributed by atoms with Gasteiger partial charge in [-0.05, 0) is 31.2 Å². The Morgan fingerprint density at radius 3 is 2.72 bits per heavy atom. The monoisotopic (exact) mass is 432 g/mol. The zero-order chi connectivity index (χ0) is 20.8. The number of rotatable bonds is 8.